The molecule has 0 unspecified atom stereocenters. The summed E-state index contributed by atoms with van der Waals surface area (Å²) in [5, 5.41) is 17.5. The molecule has 10 nitrogen and oxygen atoms in total. The molecule has 3 aliphatic heterocycles. The van der Waals surface area contributed by atoms with E-state index in [0.29, 0.717) is 30.4 Å². The van der Waals surface area contributed by atoms with Gasteiger partial charge >= 0.3 is 0 Å². The van der Waals surface area contributed by atoms with Crippen LogP contribution in [0.1, 0.15) is 69.5 Å². The Morgan fingerprint density at radius 2 is 1.87 bits per heavy atom. The van der Waals surface area contributed by atoms with Gasteiger partial charge in [-0.15, -0.1) is 10.2 Å². The second kappa shape index (κ2) is 11.5. The van der Waals surface area contributed by atoms with Crippen LogP contribution >= 0.6 is 0 Å². The van der Waals surface area contributed by atoms with Crippen LogP contribution in [0.5, 0.6) is 0 Å². The molecule has 236 valence electrons. The number of tetrazole rings is 1. The van der Waals surface area contributed by atoms with Crippen LogP contribution in [0.15, 0.2) is 71.5 Å². The number of fused-ring (bicyclic) bond motifs is 4. The van der Waals surface area contributed by atoms with Crippen molar-refractivity contribution in [2.45, 2.75) is 83.2 Å². The van der Waals surface area contributed by atoms with E-state index in [1.54, 1.807) is 0 Å². The lowest BCUT2D eigenvalue weighted by atomic mass is 9.86. The third-order valence-electron chi connectivity index (χ3n) is 10.1. The first kappa shape index (κ1) is 29.2. The lowest BCUT2D eigenvalue weighted by molar-refractivity contribution is -0.204. The molecule has 3 saturated heterocycles. The Labute approximate surface area is 267 Å². The highest BCUT2D eigenvalue weighted by molar-refractivity contribution is 5.80. The molecule has 2 aromatic heterocycles. The van der Waals surface area contributed by atoms with E-state index in [4.69, 9.17) is 14.6 Å². The number of rotatable bonds is 8. The zero-order valence-corrected chi connectivity index (χ0v) is 26.5. The zero-order chi connectivity index (χ0) is 31.4. The normalized spacial score (nSPS) is 23.6. The number of ether oxygens (including phenoxy) is 1. The van der Waals surface area contributed by atoms with Gasteiger partial charge in [0.1, 0.15) is 11.9 Å². The predicted octanol–water partition coefficient (Wildman–Crippen LogP) is 5.88. The molecule has 0 aliphatic carbocycles. The molecule has 0 radical (unpaired) electrons. The highest BCUT2D eigenvalue weighted by Crippen LogP contribution is 2.52. The lowest BCUT2D eigenvalue weighted by Crippen LogP contribution is -2.40. The van der Waals surface area contributed by atoms with Crippen molar-refractivity contribution < 1.29 is 9.57 Å². The number of benzene rings is 3. The molecule has 46 heavy (non-hydrogen) atoms. The number of hydroxylamine groups is 2. The summed E-state index contributed by atoms with van der Waals surface area (Å²) in [6, 6.07) is 22.8. The molecule has 10 heteroatoms. The summed E-state index contributed by atoms with van der Waals surface area (Å²) in [5.41, 5.74) is 5.80. The minimum absolute atomic E-state index is 0.00896. The van der Waals surface area contributed by atoms with Gasteiger partial charge in [0, 0.05) is 29.5 Å². The smallest absolute Gasteiger partial charge is 0.261 e. The fourth-order valence-electron chi connectivity index (χ4n) is 7.71. The highest BCUT2D eigenvalue weighted by atomic mass is 16.7. The van der Waals surface area contributed by atoms with Crippen molar-refractivity contribution in [3.05, 3.63) is 94.0 Å². The van der Waals surface area contributed by atoms with Gasteiger partial charge in [-0.3, -0.25) is 14.2 Å². The van der Waals surface area contributed by atoms with E-state index in [2.05, 4.69) is 82.9 Å². The number of hydrogen-bond donors (Lipinski definition) is 1. The number of hydrogen-bond acceptors (Lipinski definition) is 8. The summed E-state index contributed by atoms with van der Waals surface area (Å²) < 4.78 is 8.22. The van der Waals surface area contributed by atoms with Gasteiger partial charge < -0.3 is 4.74 Å². The lowest BCUT2D eigenvalue weighted by Gasteiger charge is -2.31. The molecule has 3 aromatic carbocycles. The van der Waals surface area contributed by atoms with Crippen molar-refractivity contribution in [3.8, 4) is 22.5 Å². The van der Waals surface area contributed by atoms with Crippen LogP contribution in [0.2, 0.25) is 0 Å². The first-order chi connectivity index (χ1) is 22.4. The standard InChI is InChI=1S/C36H39N7O3/c1-4-5-10-31-37-28-16-15-24(33-32-29-17-18-36(2,3)43(29)46-30(32)21-45-33)19-27(28)35(44)42(31)20-22-11-13-23(14-12-22)25-8-6-7-9-26(25)34-38-40-41-39-34/h6-9,11-16,19,29-30,32-33H,4-5,10,17-18,20-21H2,1-3H3,(H,38,39,40,41)/t29-,30-,32-,33+/m0/s1. The van der Waals surface area contributed by atoms with Gasteiger partial charge in [0.2, 0.25) is 5.82 Å². The fraction of sp³-hybridized carbons (Fsp3) is 0.417. The number of nitrogens with zero attached hydrogens (tertiary/aromatic N) is 6. The van der Waals surface area contributed by atoms with E-state index in [-0.39, 0.29) is 29.2 Å². The maximum absolute atomic E-state index is 14.3. The Balaban J connectivity index is 1.12. The van der Waals surface area contributed by atoms with E-state index < -0.39 is 0 Å². The Bertz CT molecular complexity index is 1940. The summed E-state index contributed by atoms with van der Waals surface area (Å²) in [5.74, 6) is 1.63. The molecule has 1 N–H and O–H groups in total. The van der Waals surface area contributed by atoms with Crippen LogP contribution in [-0.4, -0.2) is 59.5 Å². The maximum atomic E-state index is 14.3. The third kappa shape index (κ3) is 4.96. The van der Waals surface area contributed by atoms with E-state index >= 15 is 0 Å². The molecular weight excluding hydrogens is 578 g/mol. The second-order valence-electron chi connectivity index (χ2n) is 13.5. The first-order valence-electron chi connectivity index (χ1n) is 16.4. The molecule has 0 amide bonds. The number of H-pyrrole nitrogens is 1. The number of aromatic nitrogens is 6. The number of aromatic amines is 1. The van der Waals surface area contributed by atoms with Crippen LogP contribution in [0.3, 0.4) is 0 Å². The van der Waals surface area contributed by atoms with Gasteiger partial charge in [-0.2, -0.15) is 10.3 Å². The number of aryl methyl sites for hydroxylation is 1. The predicted molar refractivity (Wildman–Crippen MR) is 175 cm³/mol. The van der Waals surface area contributed by atoms with Crippen LogP contribution < -0.4 is 5.56 Å². The van der Waals surface area contributed by atoms with E-state index in [1.807, 2.05) is 34.9 Å². The minimum atomic E-state index is -0.103. The number of nitrogens with one attached hydrogen (secondary N) is 1. The topological polar surface area (TPSA) is 111 Å². The Kier molecular flexibility index (Phi) is 7.31. The fourth-order valence-corrected chi connectivity index (χ4v) is 7.71. The average Bonchev–Trinajstić information content (AvgIpc) is 3.87. The molecule has 0 saturated carbocycles. The first-order valence-corrected chi connectivity index (χ1v) is 16.4. The summed E-state index contributed by atoms with van der Waals surface area (Å²) in [7, 11) is 0. The SMILES string of the molecule is CCCCc1nc2ccc([C@H]3OC[C@@H]4ON5[C@@H](CCC5(C)C)[C@@H]43)cc2c(=O)n1Cc1ccc(-c2ccccc2-c2nn[nH]n2)cc1. The summed E-state index contributed by atoms with van der Waals surface area (Å²) in [6.07, 6.45) is 4.90. The summed E-state index contributed by atoms with van der Waals surface area (Å²) in [4.78, 5) is 25.7. The van der Waals surface area contributed by atoms with Crippen molar-refractivity contribution >= 4 is 10.9 Å². The zero-order valence-electron chi connectivity index (χ0n) is 26.5. The molecule has 3 fully saturated rings. The van der Waals surface area contributed by atoms with Crippen molar-refractivity contribution in [2.24, 2.45) is 5.92 Å². The highest BCUT2D eigenvalue weighted by Gasteiger charge is 2.58. The van der Waals surface area contributed by atoms with Crippen LogP contribution in [0.25, 0.3) is 33.4 Å². The molecule has 5 aromatic rings. The Morgan fingerprint density at radius 3 is 2.65 bits per heavy atom. The maximum Gasteiger partial charge on any atom is 0.261 e. The molecule has 8 rings (SSSR count). The Morgan fingerprint density at radius 1 is 1.04 bits per heavy atom. The average molecular weight is 618 g/mol. The van der Waals surface area contributed by atoms with Crippen LogP contribution in [0.4, 0.5) is 0 Å². The molecule has 5 heterocycles. The summed E-state index contributed by atoms with van der Waals surface area (Å²) in [6.45, 7) is 7.70. The van der Waals surface area contributed by atoms with E-state index in [9.17, 15) is 4.79 Å². The van der Waals surface area contributed by atoms with Crippen molar-refractivity contribution in [1.82, 2.24) is 35.2 Å². The van der Waals surface area contributed by atoms with Gasteiger partial charge in [0.25, 0.3) is 5.56 Å². The number of unbranched alkanes of at least 4 members (excludes halogenated alkanes) is 1. The van der Waals surface area contributed by atoms with Gasteiger partial charge in [-0.05, 0) is 72.7 Å². The third-order valence-corrected chi connectivity index (χ3v) is 10.1. The largest absolute Gasteiger partial charge is 0.370 e. The monoisotopic (exact) mass is 617 g/mol. The molecule has 4 atom stereocenters. The molecule has 3 aliphatic rings. The van der Waals surface area contributed by atoms with Gasteiger partial charge in [0.15, 0.2) is 0 Å². The summed E-state index contributed by atoms with van der Waals surface area (Å²) >= 11 is 0. The Hall–Kier alpha value is -4.25. The van der Waals surface area contributed by atoms with E-state index in [1.165, 1.54) is 0 Å². The quantitative estimate of drug-likeness (QED) is 0.230. The second-order valence-corrected chi connectivity index (χ2v) is 13.5. The van der Waals surface area contributed by atoms with Gasteiger partial charge in [0.05, 0.1) is 30.2 Å². The van der Waals surface area contributed by atoms with E-state index in [0.717, 1.165) is 71.3 Å². The molecular formula is C36H39N7O3. The van der Waals surface area contributed by atoms with Crippen molar-refractivity contribution in [1.29, 1.82) is 0 Å². The molecule has 0 bridgehead atoms. The van der Waals surface area contributed by atoms with Crippen molar-refractivity contribution in [3.63, 3.8) is 0 Å². The van der Waals surface area contributed by atoms with Gasteiger partial charge in [-0.1, -0.05) is 67.9 Å². The minimum Gasteiger partial charge on any atom is -0.370 e. The van der Waals surface area contributed by atoms with Crippen LogP contribution in [0, 0.1) is 5.92 Å². The van der Waals surface area contributed by atoms with Crippen LogP contribution in [-0.2, 0) is 22.5 Å². The van der Waals surface area contributed by atoms with Crippen molar-refractivity contribution in [2.75, 3.05) is 6.61 Å². The van der Waals surface area contributed by atoms with Gasteiger partial charge in [-0.25, -0.2) is 4.98 Å². The molecule has 0 spiro atoms.